The van der Waals surface area contributed by atoms with Gasteiger partial charge in [0.1, 0.15) is 5.60 Å². The molecule has 2 aromatic heterocycles. The van der Waals surface area contributed by atoms with Crippen LogP contribution in [0.15, 0.2) is 54.7 Å². The maximum absolute atomic E-state index is 6.11. The first-order chi connectivity index (χ1) is 11.8. The van der Waals surface area contributed by atoms with E-state index in [1.165, 1.54) is 0 Å². The first-order valence-electron chi connectivity index (χ1n) is 8.35. The van der Waals surface area contributed by atoms with E-state index >= 15 is 0 Å². The van der Waals surface area contributed by atoms with Crippen LogP contribution in [0.5, 0.6) is 0 Å². The maximum Gasteiger partial charge on any atom is 0.182 e. The van der Waals surface area contributed by atoms with Gasteiger partial charge in [-0.2, -0.15) is 4.68 Å². The Bertz CT molecular complexity index is 808. The van der Waals surface area contributed by atoms with Gasteiger partial charge < -0.3 is 4.74 Å². The average molecular weight is 320 g/mol. The molecule has 122 valence electrons. The number of benzene rings is 1. The smallest absolute Gasteiger partial charge is 0.182 e. The molecule has 0 amide bonds. The summed E-state index contributed by atoms with van der Waals surface area (Å²) < 4.78 is 7.94. The van der Waals surface area contributed by atoms with E-state index in [0.717, 1.165) is 43.1 Å². The van der Waals surface area contributed by atoms with E-state index in [-0.39, 0.29) is 0 Å². The molecule has 0 aliphatic carbocycles. The third kappa shape index (κ3) is 2.71. The summed E-state index contributed by atoms with van der Waals surface area (Å²) in [6, 6.07) is 15.8. The average Bonchev–Trinajstić information content (AvgIpc) is 3.10. The van der Waals surface area contributed by atoms with Gasteiger partial charge in [-0.3, -0.25) is 0 Å². The predicted molar refractivity (Wildman–Crippen MR) is 91.7 cm³/mol. The van der Waals surface area contributed by atoms with Crippen molar-refractivity contribution in [2.45, 2.75) is 31.8 Å². The topological polar surface area (TPSA) is 52.8 Å². The van der Waals surface area contributed by atoms with Gasteiger partial charge in [-0.05, 0) is 38.3 Å². The van der Waals surface area contributed by atoms with E-state index in [9.17, 15) is 0 Å². The Balaban J connectivity index is 1.86. The molecule has 3 heterocycles. The standard InChI is InChI=1S/C19H20N4O/c1-19(12-6-8-14-24-19)18-21-17(15-9-3-2-4-10-15)22-23(18)16-11-5-7-13-20-16/h2-5,7,9-11,13H,6,8,12,14H2,1H3/t19-/m1/s1. The van der Waals surface area contributed by atoms with E-state index in [4.69, 9.17) is 14.8 Å². The Morgan fingerprint density at radius 2 is 1.88 bits per heavy atom. The summed E-state index contributed by atoms with van der Waals surface area (Å²) >= 11 is 0. The van der Waals surface area contributed by atoms with Gasteiger partial charge in [0.2, 0.25) is 0 Å². The minimum atomic E-state index is -0.435. The molecule has 0 radical (unpaired) electrons. The van der Waals surface area contributed by atoms with Gasteiger partial charge in [-0.25, -0.2) is 9.97 Å². The second kappa shape index (κ2) is 6.17. The van der Waals surface area contributed by atoms with Crippen molar-refractivity contribution in [3.05, 3.63) is 60.6 Å². The Kier molecular flexibility index (Phi) is 3.86. The van der Waals surface area contributed by atoms with Gasteiger partial charge >= 0.3 is 0 Å². The van der Waals surface area contributed by atoms with Crippen molar-refractivity contribution in [1.82, 2.24) is 19.7 Å². The van der Waals surface area contributed by atoms with Crippen LogP contribution in [0.2, 0.25) is 0 Å². The zero-order chi connectivity index (χ0) is 16.4. The number of aromatic nitrogens is 4. The molecule has 0 spiro atoms. The summed E-state index contributed by atoms with van der Waals surface area (Å²) in [7, 11) is 0. The summed E-state index contributed by atoms with van der Waals surface area (Å²) in [6.45, 7) is 2.86. The minimum Gasteiger partial charge on any atom is -0.367 e. The predicted octanol–water partition coefficient (Wildman–Crippen LogP) is 3.75. The number of pyridine rings is 1. The number of ether oxygens (including phenoxy) is 1. The van der Waals surface area contributed by atoms with Crippen LogP contribution in [0.1, 0.15) is 32.0 Å². The van der Waals surface area contributed by atoms with Crippen molar-refractivity contribution >= 4 is 0 Å². The normalized spacial score (nSPS) is 20.9. The van der Waals surface area contributed by atoms with Crippen molar-refractivity contribution in [2.75, 3.05) is 6.61 Å². The van der Waals surface area contributed by atoms with Crippen molar-refractivity contribution in [1.29, 1.82) is 0 Å². The zero-order valence-corrected chi connectivity index (χ0v) is 13.7. The fraction of sp³-hybridized carbons (Fsp3) is 0.316. The molecule has 0 N–H and O–H groups in total. The van der Waals surface area contributed by atoms with E-state index in [2.05, 4.69) is 11.9 Å². The lowest BCUT2D eigenvalue weighted by Crippen LogP contribution is -2.33. The van der Waals surface area contributed by atoms with Crippen molar-refractivity contribution < 1.29 is 4.74 Å². The molecule has 5 heteroatoms. The molecular weight excluding hydrogens is 300 g/mol. The SMILES string of the molecule is C[C@]1(c2nc(-c3ccccc3)nn2-c2ccccn2)CCCCO1. The highest BCUT2D eigenvalue weighted by molar-refractivity contribution is 5.54. The highest BCUT2D eigenvalue weighted by atomic mass is 16.5. The lowest BCUT2D eigenvalue weighted by atomic mass is 9.95. The van der Waals surface area contributed by atoms with E-state index in [1.54, 1.807) is 6.20 Å². The third-order valence-electron chi connectivity index (χ3n) is 4.45. The number of hydrogen-bond acceptors (Lipinski definition) is 4. The highest BCUT2D eigenvalue weighted by Gasteiger charge is 2.36. The molecule has 0 bridgehead atoms. The van der Waals surface area contributed by atoms with Crippen molar-refractivity contribution in [3.63, 3.8) is 0 Å². The molecule has 4 rings (SSSR count). The van der Waals surface area contributed by atoms with Crippen LogP contribution >= 0.6 is 0 Å². The van der Waals surface area contributed by atoms with Gasteiger partial charge in [0, 0.05) is 18.4 Å². The van der Waals surface area contributed by atoms with E-state index in [1.807, 2.05) is 53.2 Å². The van der Waals surface area contributed by atoms with Gasteiger partial charge in [0.25, 0.3) is 0 Å². The van der Waals surface area contributed by atoms with Gasteiger partial charge in [-0.15, -0.1) is 5.10 Å². The summed E-state index contributed by atoms with van der Waals surface area (Å²) in [5.41, 5.74) is 0.559. The van der Waals surface area contributed by atoms with Crippen molar-refractivity contribution in [2.24, 2.45) is 0 Å². The van der Waals surface area contributed by atoms with E-state index in [0.29, 0.717) is 5.82 Å². The van der Waals surface area contributed by atoms with Crippen molar-refractivity contribution in [3.8, 4) is 17.2 Å². The van der Waals surface area contributed by atoms with E-state index < -0.39 is 5.60 Å². The van der Waals surface area contributed by atoms with Crippen LogP contribution in [0.3, 0.4) is 0 Å². The molecule has 5 nitrogen and oxygen atoms in total. The lowest BCUT2D eigenvalue weighted by molar-refractivity contribution is -0.0773. The largest absolute Gasteiger partial charge is 0.367 e. The Morgan fingerprint density at radius 3 is 2.58 bits per heavy atom. The highest BCUT2D eigenvalue weighted by Crippen LogP contribution is 2.35. The second-order valence-electron chi connectivity index (χ2n) is 6.26. The first kappa shape index (κ1) is 15.0. The van der Waals surface area contributed by atoms with Crippen LogP contribution in [0.4, 0.5) is 0 Å². The fourth-order valence-electron chi connectivity index (χ4n) is 3.11. The molecule has 1 atom stereocenters. The second-order valence-corrected chi connectivity index (χ2v) is 6.26. The number of rotatable bonds is 3. The molecule has 1 aliphatic heterocycles. The molecule has 0 unspecified atom stereocenters. The Morgan fingerprint density at radius 1 is 1.04 bits per heavy atom. The molecule has 1 aromatic carbocycles. The lowest BCUT2D eigenvalue weighted by Gasteiger charge is -2.32. The van der Waals surface area contributed by atoms with Gasteiger partial charge in [0.05, 0.1) is 0 Å². The summed E-state index contributed by atoms with van der Waals surface area (Å²) in [4.78, 5) is 9.29. The first-order valence-corrected chi connectivity index (χ1v) is 8.35. The van der Waals surface area contributed by atoms with Crippen LogP contribution in [-0.4, -0.2) is 26.4 Å². The molecule has 1 fully saturated rings. The van der Waals surface area contributed by atoms with Crippen LogP contribution in [0.25, 0.3) is 17.2 Å². The monoisotopic (exact) mass is 320 g/mol. The van der Waals surface area contributed by atoms with Crippen LogP contribution < -0.4 is 0 Å². The minimum absolute atomic E-state index is 0.435. The Labute approximate surface area is 141 Å². The summed E-state index contributed by atoms with van der Waals surface area (Å²) in [5, 5.41) is 4.73. The third-order valence-corrected chi connectivity index (χ3v) is 4.45. The van der Waals surface area contributed by atoms with Crippen LogP contribution in [0, 0.1) is 0 Å². The quantitative estimate of drug-likeness (QED) is 0.737. The van der Waals surface area contributed by atoms with Gasteiger partial charge in [-0.1, -0.05) is 36.4 Å². The molecule has 24 heavy (non-hydrogen) atoms. The molecule has 0 saturated carbocycles. The van der Waals surface area contributed by atoms with Crippen LogP contribution in [-0.2, 0) is 10.3 Å². The number of hydrogen-bond donors (Lipinski definition) is 0. The fourth-order valence-corrected chi connectivity index (χ4v) is 3.11. The summed E-state index contributed by atoms with van der Waals surface area (Å²) in [6.07, 6.45) is 4.94. The van der Waals surface area contributed by atoms with Gasteiger partial charge in [0.15, 0.2) is 17.5 Å². The molecular formula is C19H20N4O. The Hall–Kier alpha value is -2.53. The summed E-state index contributed by atoms with van der Waals surface area (Å²) in [5.74, 6) is 2.28. The number of nitrogens with zero attached hydrogens (tertiary/aromatic N) is 4. The zero-order valence-electron chi connectivity index (χ0n) is 13.7. The molecule has 1 saturated heterocycles. The molecule has 1 aliphatic rings. The maximum atomic E-state index is 6.11. The molecule has 3 aromatic rings.